The summed E-state index contributed by atoms with van der Waals surface area (Å²) in [6, 6.07) is 7.64. The zero-order valence-electron chi connectivity index (χ0n) is 10.8. The maximum atomic E-state index is 12.3. The summed E-state index contributed by atoms with van der Waals surface area (Å²) < 4.78 is 0. The topological polar surface area (TPSA) is 32.3 Å². The number of amides is 1. The number of likely N-dealkylation sites (N-methyl/N-ethyl adjacent to an activating group) is 1. The Morgan fingerprint density at radius 2 is 2.37 bits per heavy atom. The van der Waals surface area contributed by atoms with E-state index >= 15 is 0 Å². The van der Waals surface area contributed by atoms with Crippen LogP contribution < -0.4 is 5.32 Å². The van der Waals surface area contributed by atoms with Gasteiger partial charge in [-0.1, -0.05) is 23.7 Å². The summed E-state index contributed by atoms with van der Waals surface area (Å²) in [4.78, 5) is 14.2. The van der Waals surface area contributed by atoms with Crippen molar-refractivity contribution in [3.05, 3.63) is 34.9 Å². The van der Waals surface area contributed by atoms with Crippen molar-refractivity contribution < 1.29 is 4.79 Å². The lowest BCUT2D eigenvalue weighted by atomic mass is 10.2. The molecule has 0 saturated carbocycles. The van der Waals surface area contributed by atoms with Gasteiger partial charge in [0.2, 0.25) is 5.91 Å². The van der Waals surface area contributed by atoms with Crippen LogP contribution in [0.5, 0.6) is 0 Å². The van der Waals surface area contributed by atoms with Gasteiger partial charge in [-0.05, 0) is 24.6 Å². The van der Waals surface area contributed by atoms with Crippen LogP contribution in [0.25, 0.3) is 0 Å². The predicted molar refractivity (Wildman–Crippen MR) is 84.0 cm³/mol. The number of hydrogen-bond donors (Lipinski definition) is 1. The third kappa shape index (κ3) is 4.56. The van der Waals surface area contributed by atoms with Crippen molar-refractivity contribution in [3.8, 4) is 0 Å². The Labute approximate surface area is 129 Å². The Morgan fingerprint density at radius 3 is 2.95 bits per heavy atom. The fourth-order valence-corrected chi connectivity index (χ4v) is 3.12. The molecule has 2 rings (SSSR count). The second-order valence-electron chi connectivity index (χ2n) is 4.25. The van der Waals surface area contributed by atoms with Gasteiger partial charge in [-0.2, -0.15) is 0 Å². The number of carbonyl (C=O) groups excluding carboxylic acids is 1. The molecule has 0 bridgehead atoms. The maximum absolute atomic E-state index is 12.3. The van der Waals surface area contributed by atoms with E-state index in [0.717, 1.165) is 17.2 Å². The molecular weight excluding hydrogens is 303 g/mol. The highest BCUT2D eigenvalue weighted by Gasteiger charge is 2.26. The molecule has 1 aliphatic heterocycles. The van der Waals surface area contributed by atoms with Gasteiger partial charge in [0.15, 0.2) is 0 Å². The second-order valence-corrected chi connectivity index (χ2v) is 5.72. The molecule has 6 heteroatoms. The average molecular weight is 321 g/mol. The summed E-state index contributed by atoms with van der Waals surface area (Å²) in [6.45, 7) is 3.34. The molecule has 1 aromatic carbocycles. The van der Waals surface area contributed by atoms with E-state index in [-0.39, 0.29) is 24.4 Å². The van der Waals surface area contributed by atoms with Crippen LogP contribution in [0.15, 0.2) is 24.3 Å². The summed E-state index contributed by atoms with van der Waals surface area (Å²) in [7, 11) is 0. The van der Waals surface area contributed by atoms with Crippen LogP contribution in [-0.4, -0.2) is 35.0 Å². The molecule has 1 N–H and O–H groups in total. The third-order valence-corrected chi connectivity index (χ3v) is 4.15. The van der Waals surface area contributed by atoms with E-state index in [4.69, 9.17) is 11.6 Å². The number of thioether (sulfide) groups is 1. The Kier molecular flexibility index (Phi) is 7.00. The van der Waals surface area contributed by atoms with Gasteiger partial charge < -0.3 is 4.90 Å². The molecule has 0 aromatic heterocycles. The largest absolute Gasteiger partial charge is 0.337 e. The average Bonchev–Trinajstić information content (AvgIpc) is 2.89. The molecule has 19 heavy (non-hydrogen) atoms. The highest BCUT2D eigenvalue weighted by atomic mass is 35.5. The Hall–Kier alpha value is -0.420. The number of rotatable bonds is 4. The van der Waals surface area contributed by atoms with Crippen molar-refractivity contribution in [2.45, 2.75) is 19.5 Å². The van der Waals surface area contributed by atoms with E-state index in [1.165, 1.54) is 0 Å². The summed E-state index contributed by atoms with van der Waals surface area (Å²) in [5.41, 5.74) is 1.07. The minimum absolute atomic E-state index is 0. The lowest BCUT2D eigenvalue weighted by Gasteiger charge is -2.24. The maximum Gasteiger partial charge on any atom is 0.240 e. The van der Waals surface area contributed by atoms with Gasteiger partial charge in [-0.15, -0.1) is 24.2 Å². The Balaban J connectivity index is 0.00000180. The van der Waals surface area contributed by atoms with E-state index < -0.39 is 0 Å². The summed E-state index contributed by atoms with van der Waals surface area (Å²) >= 11 is 7.73. The van der Waals surface area contributed by atoms with Gasteiger partial charge in [-0.25, -0.2) is 0 Å². The molecular formula is C13H18Cl2N2OS. The lowest BCUT2D eigenvalue weighted by molar-refractivity contribution is -0.133. The summed E-state index contributed by atoms with van der Waals surface area (Å²) in [5, 5.41) is 3.93. The molecule has 3 nitrogen and oxygen atoms in total. The molecule has 1 heterocycles. The Morgan fingerprint density at radius 1 is 1.58 bits per heavy atom. The molecule has 1 saturated heterocycles. The van der Waals surface area contributed by atoms with Gasteiger partial charge in [0, 0.05) is 29.7 Å². The molecule has 1 unspecified atom stereocenters. The smallest absolute Gasteiger partial charge is 0.240 e. The number of nitrogens with one attached hydrogen (secondary N) is 1. The summed E-state index contributed by atoms with van der Waals surface area (Å²) in [6.07, 6.45) is 0. The number of hydrogen-bond acceptors (Lipinski definition) is 3. The number of halogens is 2. The highest BCUT2D eigenvalue weighted by molar-refractivity contribution is 7.99. The number of carbonyl (C=O) groups is 1. The molecule has 0 aliphatic carbocycles. The van der Waals surface area contributed by atoms with Crippen molar-refractivity contribution in [2.24, 2.45) is 0 Å². The van der Waals surface area contributed by atoms with Gasteiger partial charge in [0.05, 0.1) is 6.04 Å². The van der Waals surface area contributed by atoms with Crippen molar-refractivity contribution in [1.82, 2.24) is 10.2 Å². The fourth-order valence-electron chi connectivity index (χ4n) is 1.98. The van der Waals surface area contributed by atoms with E-state index in [1.54, 1.807) is 11.8 Å². The van der Waals surface area contributed by atoms with Crippen molar-refractivity contribution >= 4 is 41.7 Å². The predicted octanol–water partition coefficient (Wildman–Crippen LogP) is 2.77. The first kappa shape index (κ1) is 16.6. The standard InChI is InChI=1S/C13H17ClN2OS.ClH/c1-2-16(13(17)12-8-18-9-15-12)7-10-4-3-5-11(14)6-10;/h3-6,12,15H,2,7-9H2,1H3;1H. The molecule has 106 valence electrons. The summed E-state index contributed by atoms with van der Waals surface area (Å²) in [5.74, 6) is 1.91. The molecule has 1 fully saturated rings. The van der Waals surface area contributed by atoms with Gasteiger partial charge in [0.1, 0.15) is 0 Å². The van der Waals surface area contributed by atoms with Gasteiger partial charge >= 0.3 is 0 Å². The van der Waals surface area contributed by atoms with Crippen LogP contribution in [0.4, 0.5) is 0 Å². The second kappa shape index (κ2) is 8.00. The van der Waals surface area contributed by atoms with Crippen LogP contribution in [-0.2, 0) is 11.3 Å². The first-order valence-electron chi connectivity index (χ1n) is 6.05. The monoisotopic (exact) mass is 320 g/mol. The first-order chi connectivity index (χ1) is 8.70. The molecule has 1 aliphatic rings. The molecule has 0 radical (unpaired) electrons. The highest BCUT2D eigenvalue weighted by Crippen LogP contribution is 2.16. The van der Waals surface area contributed by atoms with Crippen molar-refractivity contribution in [2.75, 3.05) is 18.2 Å². The van der Waals surface area contributed by atoms with E-state index in [9.17, 15) is 4.79 Å². The minimum atomic E-state index is -0.0332. The van der Waals surface area contributed by atoms with E-state index in [1.807, 2.05) is 36.1 Å². The lowest BCUT2D eigenvalue weighted by Crippen LogP contribution is -2.44. The molecule has 1 atom stereocenters. The quantitative estimate of drug-likeness (QED) is 0.925. The zero-order valence-corrected chi connectivity index (χ0v) is 13.2. The van der Waals surface area contributed by atoms with Crippen LogP contribution in [0.2, 0.25) is 5.02 Å². The van der Waals surface area contributed by atoms with Crippen molar-refractivity contribution in [3.63, 3.8) is 0 Å². The van der Waals surface area contributed by atoms with Crippen LogP contribution in [0.1, 0.15) is 12.5 Å². The first-order valence-corrected chi connectivity index (χ1v) is 7.58. The minimum Gasteiger partial charge on any atom is -0.337 e. The third-order valence-electron chi connectivity index (χ3n) is 2.97. The Bertz CT molecular complexity index is 425. The van der Waals surface area contributed by atoms with Crippen molar-refractivity contribution in [1.29, 1.82) is 0 Å². The van der Waals surface area contributed by atoms with E-state index in [2.05, 4.69) is 5.32 Å². The molecule has 1 aromatic rings. The number of nitrogens with zero attached hydrogens (tertiary/aromatic N) is 1. The van der Waals surface area contributed by atoms with Crippen LogP contribution >= 0.6 is 35.8 Å². The SMILES string of the molecule is CCN(Cc1cccc(Cl)c1)C(=O)C1CSCN1.Cl. The van der Waals surface area contributed by atoms with Crippen LogP contribution in [0, 0.1) is 0 Å². The van der Waals surface area contributed by atoms with Gasteiger partial charge in [0.25, 0.3) is 0 Å². The molecule has 1 amide bonds. The normalized spacial score (nSPS) is 17.9. The number of benzene rings is 1. The fraction of sp³-hybridized carbons (Fsp3) is 0.462. The molecule has 0 spiro atoms. The van der Waals surface area contributed by atoms with Gasteiger partial charge in [-0.3, -0.25) is 10.1 Å². The van der Waals surface area contributed by atoms with E-state index in [0.29, 0.717) is 18.1 Å². The van der Waals surface area contributed by atoms with Crippen LogP contribution in [0.3, 0.4) is 0 Å². The zero-order chi connectivity index (χ0) is 13.0.